The summed E-state index contributed by atoms with van der Waals surface area (Å²) in [5, 5.41) is 5.99. The molecule has 3 rings (SSSR count). The monoisotopic (exact) mass is 526 g/mol. The van der Waals surface area contributed by atoms with Gasteiger partial charge in [0, 0.05) is 24.0 Å². The predicted molar refractivity (Wildman–Crippen MR) is 109 cm³/mol. The van der Waals surface area contributed by atoms with Crippen molar-refractivity contribution in [3.05, 3.63) is 58.7 Å². The predicted octanol–water partition coefficient (Wildman–Crippen LogP) is 2.90. The van der Waals surface area contributed by atoms with E-state index >= 15 is 0 Å². The van der Waals surface area contributed by atoms with E-state index in [4.69, 9.17) is 4.11 Å². The number of carbonyl (C=O) groups is 2. The van der Waals surface area contributed by atoms with Crippen molar-refractivity contribution in [3.8, 4) is 16.9 Å². The number of amides is 2. The number of alkyl halides is 2. The van der Waals surface area contributed by atoms with Crippen molar-refractivity contribution >= 4 is 27.7 Å². The average molecular weight is 526 g/mol. The zero-order chi connectivity index (χ0) is 28.8. The van der Waals surface area contributed by atoms with E-state index in [-0.39, 0.29) is 0 Å². The van der Waals surface area contributed by atoms with Gasteiger partial charge < -0.3 is 10.1 Å². The van der Waals surface area contributed by atoms with Crippen molar-refractivity contribution < 1.29 is 53.2 Å². The molecule has 1 aliphatic rings. The van der Waals surface area contributed by atoms with Gasteiger partial charge in [0.1, 0.15) is 11.4 Å². The summed E-state index contributed by atoms with van der Waals surface area (Å²) in [5.74, 6) is -16.1. The summed E-state index contributed by atoms with van der Waals surface area (Å²) < 4.78 is 136. The molecule has 0 fully saturated rings. The Morgan fingerprint density at radius 1 is 1.03 bits per heavy atom. The molecule has 0 saturated carbocycles. The molecular weight excluding hydrogens is 508 g/mol. The van der Waals surface area contributed by atoms with Crippen LogP contribution >= 0.6 is 0 Å². The van der Waals surface area contributed by atoms with Gasteiger partial charge in [0.2, 0.25) is 0 Å². The van der Waals surface area contributed by atoms with Crippen molar-refractivity contribution in [1.29, 1.82) is 0 Å². The zero-order valence-corrected chi connectivity index (χ0v) is 17.8. The van der Waals surface area contributed by atoms with Gasteiger partial charge in [-0.1, -0.05) is 12.1 Å². The Morgan fingerprint density at radius 3 is 2.14 bits per heavy atom. The van der Waals surface area contributed by atoms with Crippen LogP contribution in [0.15, 0.2) is 35.4 Å². The number of carbonyl (C=O) groups excluding carboxylic acids is 2. The first-order chi connectivity index (χ1) is 17.3. The van der Waals surface area contributed by atoms with Crippen LogP contribution < -0.4 is 19.9 Å². The summed E-state index contributed by atoms with van der Waals surface area (Å²) in [6.07, 6.45) is -2.92. The number of rotatable bonds is 6. The maximum atomic E-state index is 14.8. The highest BCUT2D eigenvalue weighted by atomic mass is 32.2. The first-order valence-corrected chi connectivity index (χ1v) is 10.8. The Kier molecular flexibility index (Phi) is 5.77. The largest absolute Gasteiger partial charge is 0.497 e. The van der Waals surface area contributed by atoms with Crippen molar-refractivity contribution in [2.75, 3.05) is 12.4 Å². The molecule has 0 heterocycles. The van der Waals surface area contributed by atoms with Gasteiger partial charge in [-0.15, -0.1) is 0 Å². The summed E-state index contributed by atoms with van der Waals surface area (Å²) in [4.78, 5) is 24.6. The first kappa shape index (κ1) is 21.9. The number of hydrogen-bond donors (Lipinski definition) is 3. The third kappa shape index (κ3) is 5.40. The fourth-order valence-corrected chi connectivity index (χ4v) is 3.70. The molecule has 0 unspecified atom stereocenters. The summed E-state index contributed by atoms with van der Waals surface area (Å²) in [7, 11) is -7.71. The maximum absolute atomic E-state index is 14.8. The van der Waals surface area contributed by atoms with Crippen molar-refractivity contribution in [2.24, 2.45) is 5.14 Å². The molecule has 1 aliphatic carbocycles. The molecule has 2 aromatic rings. The van der Waals surface area contributed by atoms with Gasteiger partial charge in [-0.2, -0.15) is 8.42 Å². The minimum Gasteiger partial charge on any atom is -0.497 e. The lowest BCUT2D eigenvalue weighted by molar-refractivity contribution is -0.117. The molecule has 35 heavy (non-hydrogen) atoms. The molecule has 0 bridgehead atoms. The van der Waals surface area contributed by atoms with E-state index in [9.17, 15) is 44.3 Å². The molecule has 15 heteroatoms. The van der Waals surface area contributed by atoms with E-state index in [1.54, 1.807) is 0 Å². The molecule has 4 N–H and O–H groups in total. The molecule has 188 valence electrons. The van der Waals surface area contributed by atoms with Crippen LogP contribution in [-0.2, 0) is 19.8 Å². The van der Waals surface area contributed by atoms with E-state index < -0.39 is 105 Å². The standard InChI is InChI=1S/C20H15F6N3O5S/c1-34-9-4-2-3-8(5-9)12-13(21)15(23)17(16(24)14(12)22)28-18(30)10-6-20(25,26)7-11(10)19(31)29-35(27,32)33/h2-5H,6-7H2,1H3,(H,28,30)(H,29,31)(H2,27,32,33)/i1D3. The number of ether oxygens (including phenoxy) is 1. The normalized spacial score (nSPS) is 16.8. The van der Waals surface area contributed by atoms with Gasteiger partial charge in [0.25, 0.3) is 27.9 Å². The van der Waals surface area contributed by atoms with E-state index in [1.807, 2.05) is 0 Å². The number of nitrogens with one attached hydrogen (secondary N) is 2. The average Bonchev–Trinajstić information content (AvgIpc) is 3.09. The summed E-state index contributed by atoms with van der Waals surface area (Å²) in [6, 6.07) is 3.89. The Hall–Kier alpha value is -3.59. The van der Waals surface area contributed by atoms with Gasteiger partial charge in [-0.05, 0) is 17.7 Å². The van der Waals surface area contributed by atoms with Gasteiger partial charge in [-0.25, -0.2) is 36.2 Å². The van der Waals surface area contributed by atoms with Crippen molar-refractivity contribution in [3.63, 3.8) is 0 Å². The van der Waals surface area contributed by atoms with Gasteiger partial charge in [-0.3, -0.25) is 9.59 Å². The summed E-state index contributed by atoms with van der Waals surface area (Å²) in [5.41, 5.74) is -5.82. The van der Waals surface area contributed by atoms with Crippen LogP contribution in [-0.4, -0.2) is 33.2 Å². The van der Waals surface area contributed by atoms with Crippen molar-refractivity contribution in [1.82, 2.24) is 4.72 Å². The maximum Gasteiger partial charge on any atom is 0.298 e. The Balaban J connectivity index is 2.03. The van der Waals surface area contributed by atoms with Crippen LogP contribution in [0.2, 0.25) is 0 Å². The molecule has 0 aliphatic heterocycles. The number of benzene rings is 2. The third-order valence-electron chi connectivity index (χ3n) is 4.76. The first-order valence-electron chi connectivity index (χ1n) is 10.7. The molecule has 0 aromatic heterocycles. The summed E-state index contributed by atoms with van der Waals surface area (Å²) >= 11 is 0. The highest BCUT2D eigenvalue weighted by Gasteiger charge is 2.45. The molecule has 2 amide bonds. The minimum absolute atomic E-state index is 0.432. The molecular formula is C20H15F6N3O5S. The quantitative estimate of drug-likeness (QED) is 0.394. The Bertz CT molecular complexity index is 1450. The van der Waals surface area contributed by atoms with Crippen LogP contribution in [0.3, 0.4) is 0 Å². The van der Waals surface area contributed by atoms with E-state index in [0.29, 0.717) is 0 Å². The Labute approximate surface area is 198 Å². The molecule has 8 nitrogen and oxygen atoms in total. The van der Waals surface area contributed by atoms with Crippen LogP contribution in [0.25, 0.3) is 11.1 Å². The number of methoxy groups -OCH3 is 1. The number of hydrogen-bond acceptors (Lipinski definition) is 5. The van der Waals surface area contributed by atoms with Crippen LogP contribution in [0.4, 0.5) is 32.0 Å². The molecule has 0 atom stereocenters. The number of nitrogens with two attached hydrogens (primary N) is 1. The van der Waals surface area contributed by atoms with Crippen LogP contribution in [0.5, 0.6) is 5.75 Å². The lowest BCUT2D eigenvalue weighted by Gasteiger charge is -2.14. The second-order valence-corrected chi connectivity index (χ2v) is 8.53. The molecule has 0 spiro atoms. The van der Waals surface area contributed by atoms with E-state index in [0.717, 1.165) is 29.0 Å². The fourth-order valence-electron chi connectivity index (χ4n) is 3.32. The topological polar surface area (TPSA) is 128 Å². The van der Waals surface area contributed by atoms with Crippen molar-refractivity contribution in [2.45, 2.75) is 18.8 Å². The van der Waals surface area contributed by atoms with Crippen LogP contribution in [0.1, 0.15) is 17.0 Å². The molecule has 2 aromatic carbocycles. The molecule has 0 saturated heterocycles. The van der Waals surface area contributed by atoms with Gasteiger partial charge in [0.15, 0.2) is 23.3 Å². The SMILES string of the molecule is [2H]C([2H])([2H])Oc1cccc(-c2c(F)c(F)c(NC(=O)C3=C(C(=O)NS(N)(=O)=O)CC(F)(F)C3)c(F)c2F)c1. The second kappa shape index (κ2) is 9.22. The minimum atomic E-state index is -4.74. The van der Waals surface area contributed by atoms with Crippen LogP contribution in [0, 0.1) is 23.3 Å². The smallest absolute Gasteiger partial charge is 0.298 e. The lowest BCUT2D eigenvalue weighted by Crippen LogP contribution is -2.37. The second-order valence-electron chi connectivity index (χ2n) is 7.23. The fraction of sp³-hybridized carbons (Fsp3) is 0.200. The third-order valence-corrected chi connectivity index (χ3v) is 5.23. The van der Waals surface area contributed by atoms with E-state index in [2.05, 4.69) is 9.88 Å². The lowest BCUT2D eigenvalue weighted by atomic mass is 10.0. The summed E-state index contributed by atoms with van der Waals surface area (Å²) in [6.45, 7) is 0. The Morgan fingerprint density at radius 2 is 1.60 bits per heavy atom. The van der Waals surface area contributed by atoms with E-state index in [1.165, 1.54) is 5.32 Å². The van der Waals surface area contributed by atoms with Gasteiger partial charge in [0.05, 0.1) is 16.7 Å². The number of halogens is 6. The zero-order valence-electron chi connectivity index (χ0n) is 20.0. The van der Waals surface area contributed by atoms with Gasteiger partial charge >= 0.3 is 0 Å². The number of anilines is 1. The highest BCUT2D eigenvalue weighted by molar-refractivity contribution is 7.87. The molecule has 0 radical (unpaired) electrons. The highest BCUT2D eigenvalue weighted by Crippen LogP contribution is 2.41.